The van der Waals surface area contributed by atoms with Gasteiger partial charge in [-0.1, -0.05) is 0 Å². The molecule has 1 unspecified atom stereocenters. The standard InChI is InChI=1S/C19H25NO4/c1-11-12(2)18-16(13(3)17(11)23-14(4)21)8-9-19(5,24-18)10-20(22)15-6-7-15/h10,15H,6-9H2,1-5H3/b20-10-. The highest BCUT2D eigenvalue weighted by atomic mass is 16.5. The first-order valence-corrected chi connectivity index (χ1v) is 8.53. The van der Waals surface area contributed by atoms with E-state index in [0.717, 1.165) is 58.4 Å². The summed E-state index contributed by atoms with van der Waals surface area (Å²) in [6.45, 7) is 9.25. The van der Waals surface area contributed by atoms with Crippen LogP contribution in [0.2, 0.25) is 0 Å². The first-order valence-electron chi connectivity index (χ1n) is 8.53. The van der Waals surface area contributed by atoms with Gasteiger partial charge >= 0.3 is 5.97 Å². The lowest BCUT2D eigenvalue weighted by atomic mass is 9.87. The molecule has 1 aliphatic heterocycles. The van der Waals surface area contributed by atoms with Crippen LogP contribution in [0.5, 0.6) is 11.5 Å². The maximum Gasteiger partial charge on any atom is 0.308 e. The van der Waals surface area contributed by atoms with Gasteiger partial charge in [0.2, 0.25) is 0 Å². The van der Waals surface area contributed by atoms with Crippen LogP contribution in [-0.2, 0) is 11.2 Å². The molecule has 1 fully saturated rings. The van der Waals surface area contributed by atoms with Crippen molar-refractivity contribution in [2.75, 3.05) is 0 Å². The predicted molar refractivity (Wildman–Crippen MR) is 92.0 cm³/mol. The number of hydroxylamine groups is 1. The van der Waals surface area contributed by atoms with Crippen LogP contribution in [0.25, 0.3) is 0 Å². The molecule has 0 aromatic heterocycles. The monoisotopic (exact) mass is 331 g/mol. The minimum absolute atomic E-state index is 0.128. The average molecular weight is 331 g/mol. The largest absolute Gasteiger partial charge is 0.624 e. The summed E-state index contributed by atoms with van der Waals surface area (Å²) >= 11 is 0. The van der Waals surface area contributed by atoms with E-state index in [9.17, 15) is 10.0 Å². The molecule has 0 spiro atoms. The van der Waals surface area contributed by atoms with E-state index in [1.165, 1.54) is 6.92 Å². The van der Waals surface area contributed by atoms with Gasteiger partial charge in [0.25, 0.3) is 0 Å². The fraction of sp³-hybridized carbons (Fsp3) is 0.579. The fourth-order valence-electron chi connectivity index (χ4n) is 3.34. The predicted octanol–water partition coefficient (Wildman–Crippen LogP) is 3.36. The van der Waals surface area contributed by atoms with Crippen LogP contribution in [0, 0.1) is 26.0 Å². The second-order valence-corrected chi connectivity index (χ2v) is 7.24. The normalized spacial score (nSPS) is 23.5. The SMILES string of the molecule is CC(=O)Oc1c(C)c(C)c2c(c1C)CCC(C)(/C=[N+](\[O-])C1CC1)O2. The van der Waals surface area contributed by atoms with Crippen molar-refractivity contribution >= 4 is 12.2 Å². The van der Waals surface area contributed by atoms with Gasteiger partial charge in [0.05, 0.1) is 0 Å². The zero-order valence-electron chi connectivity index (χ0n) is 15.1. The van der Waals surface area contributed by atoms with E-state index in [0.29, 0.717) is 5.75 Å². The number of fused-ring (bicyclic) bond motifs is 1. The summed E-state index contributed by atoms with van der Waals surface area (Å²) in [5.41, 5.74) is 3.31. The topological polar surface area (TPSA) is 61.6 Å². The molecule has 1 aromatic rings. The number of carbonyl (C=O) groups excluding carboxylic acids is 1. The summed E-state index contributed by atoms with van der Waals surface area (Å²) in [5, 5.41) is 12.1. The summed E-state index contributed by atoms with van der Waals surface area (Å²) in [7, 11) is 0. The zero-order valence-corrected chi connectivity index (χ0v) is 15.1. The van der Waals surface area contributed by atoms with E-state index in [4.69, 9.17) is 9.47 Å². The van der Waals surface area contributed by atoms with E-state index < -0.39 is 5.60 Å². The lowest BCUT2D eigenvalue weighted by molar-refractivity contribution is -0.472. The van der Waals surface area contributed by atoms with Gasteiger partial charge in [-0.3, -0.25) is 4.79 Å². The molecule has 1 aromatic carbocycles. The number of carbonyl (C=O) groups is 1. The molecule has 0 bridgehead atoms. The molecule has 3 rings (SSSR count). The Kier molecular flexibility index (Phi) is 4.06. The van der Waals surface area contributed by atoms with Crippen molar-refractivity contribution < 1.29 is 19.0 Å². The number of nitrogens with zero attached hydrogens (tertiary/aromatic N) is 1. The van der Waals surface area contributed by atoms with Crippen molar-refractivity contribution in [1.82, 2.24) is 0 Å². The van der Waals surface area contributed by atoms with Crippen LogP contribution in [0.3, 0.4) is 0 Å². The second-order valence-electron chi connectivity index (χ2n) is 7.24. The van der Waals surface area contributed by atoms with Gasteiger partial charge in [0.1, 0.15) is 11.5 Å². The number of rotatable bonds is 3. The zero-order chi connectivity index (χ0) is 17.6. The van der Waals surface area contributed by atoms with Crippen molar-refractivity contribution in [2.45, 2.75) is 71.9 Å². The van der Waals surface area contributed by atoms with E-state index in [-0.39, 0.29) is 12.0 Å². The Bertz CT molecular complexity index is 734. The Morgan fingerprint density at radius 3 is 2.54 bits per heavy atom. The van der Waals surface area contributed by atoms with E-state index in [1.54, 1.807) is 6.21 Å². The van der Waals surface area contributed by atoms with E-state index in [1.807, 2.05) is 27.7 Å². The Hall–Kier alpha value is -2.04. The summed E-state index contributed by atoms with van der Waals surface area (Å²) in [6.07, 6.45) is 5.15. The number of benzene rings is 1. The lowest BCUT2D eigenvalue weighted by Gasteiger charge is -2.34. The number of ether oxygens (including phenoxy) is 2. The molecule has 0 saturated heterocycles. The smallest absolute Gasteiger partial charge is 0.308 e. The Labute approximate surface area is 142 Å². The maximum absolute atomic E-state index is 12.1. The molecular weight excluding hydrogens is 306 g/mol. The minimum atomic E-state index is -0.593. The quantitative estimate of drug-likeness (QED) is 0.213. The highest BCUT2D eigenvalue weighted by molar-refractivity contribution is 5.73. The number of hydrogen-bond acceptors (Lipinski definition) is 4. The van der Waals surface area contributed by atoms with Crippen LogP contribution < -0.4 is 9.47 Å². The van der Waals surface area contributed by atoms with Crippen LogP contribution >= 0.6 is 0 Å². The highest BCUT2D eigenvalue weighted by Crippen LogP contribution is 2.43. The van der Waals surface area contributed by atoms with Crippen molar-refractivity contribution in [2.24, 2.45) is 0 Å². The number of esters is 1. The Balaban J connectivity index is 2.00. The molecule has 1 heterocycles. The van der Waals surface area contributed by atoms with Gasteiger partial charge in [-0.05, 0) is 50.8 Å². The molecule has 0 amide bonds. The third-order valence-electron chi connectivity index (χ3n) is 5.07. The third kappa shape index (κ3) is 2.99. The molecule has 1 aliphatic carbocycles. The van der Waals surface area contributed by atoms with Crippen molar-refractivity contribution in [1.29, 1.82) is 0 Å². The van der Waals surface area contributed by atoms with Crippen LogP contribution in [0.1, 0.15) is 55.4 Å². The van der Waals surface area contributed by atoms with Gasteiger partial charge in [-0.15, -0.1) is 0 Å². The highest BCUT2D eigenvalue weighted by Gasteiger charge is 2.39. The minimum Gasteiger partial charge on any atom is -0.624 e. The summed E-state index contributed by atoms with van der Waals surface area (Å²) < 4.78 is 12.8. The van der Waals surface area contributed by atoms with Crippen LogP contribution in [-0.4, -0.2) is 28.6 Å². The summed E-state index contributed by atoms with van der Waals surface area (Å²) in [5.74, 6) is 1.15. The van der Waals surface area contributed by atoms with Gasteiger partial charge in [0.15, 0.2) is 17.9 Å². The molecule has 5 heteroatoms. The first kappa shape index (κ1) is 16.8. The van der Waals surface area contributed by atoms with Gasteiger partial charge < -0.3 is 14.7 Å². The van der Waals surface area contributed by atoms with Gasteiger partial charge in [-0.25, -0.2) is 4.74 Å². The van der Waals surface area contributed by atoms with Crippen molar-refractivity contribution in [3.05, 3.63) is 27.5 Å². The molecule has 0 radical (unpaired) electrons. The number of hydrogen-bond donors (Lipinski definition) is 0. The van der Waals surface area contributed by atoms with Crippen molar-refractivity contribution in [3.8, 4) is 11.5 Å². The van der Waals surface area contributed by atoms with E-state index in [2.05, 4.69) is 0 Å². The van der Waals surface area contributed by atoms with Crippen LogP contribution in [0.15, 0.2) is 0 Å². The average Bonchev–Trinajstić information content (AvgIpc) is 3.33. The van der Waals surface area contributed by atoms with Crippen molar-refractivity contribution in [3.63, 3.8) is 0 Å². The molecule has 130 valence electrons. The molecule has 1 atom stereocenters. The second kappa shape index (κ2) is 5.80. The lowest BCUT2D eigenvalue weighted by Crippen LogP contribution is -2.41. The Morgan fingerprint density at radius 2 is 1.96 bits per heavy atom. The van der Waals surface area contributed by atoms with E-state index >= 15 is 0 Å². The third-order valence-corrected chi connectivity index (χ3v) is 5.07. The molecule has 0 N–H and O–H groups in total. The molecule has 2 aliphatic rings. The van der Waals surface area contributed by atoms with Gasteiger partial charge in [-0.2, -0.15) is 0 Å². The molecule has 24 heavy (non-hydrogen) atoms. The van der Waals surface area contributed by atoms with Crippen LogP contribution in [0.4, 0.5) is 0 Å². The first-order chi connectivity index (χ1) is 11.2. The molecule has 1 saturated carbocycles. The summed E-state index contributed by atoms with van der Waals surface area (Å²) in [4.78, 5) is 11.4. The Morgan fingerprint density at radius 1 is 1.29 bits per heavy atom. The molecular formula is C19H25NO4. The fourth-order valence-corrected chi connectivity index (χ4v) is 3.34. The summed E-state index contributed by atoms with van der Waals surface area (Å²) in [6, 6.07) is 0.128. The molecule has 5 nitrogen and oxygen atoms in total. The van der Waals surface area contributed by atoms with Gasteiger partial charge in [0, 0.05) is 31.7 Å². The maximum atomic E-state index is 12.1.